The Hall–Kier alpha value is -3.51. The Kier molecular flexibility index (Phi) is 7.29. The number of halogens is 1. The van der Waals surface area contributed by atoms with Crippen molar-refractivity contribution in [3.63, 3.8) is 0 Å². The van der Waals surface area contributed by atoms with Gasteiger partial charge < -0.3 is 14.2 Å². The number of carbonyl (C=O) groups is 2. The molecule has 0 fully saturated rings. The van der Waals surface area contributed by atoms with Gasteiger partial charge in [-0.1, -0.05) is 31.4 Å². The highest BCUT2D eigenvalue weighted by atomic mass is 19.1. The molecule has 2 aromatic carbocycles. The van der Waals surface area contributed by atoms with Crippen molar-refractivity contribution in [3.8, 4) is 22.6 Å². The molecule has 5 nitrogen and oxygen atoms in total. The summed E-state index contributed by atoms with van der Waals surface area (Å²) in [6.07, 6.45) is 1.00. The summed E-state index contributed by atoms with van der Waals surface area (Å²) in [6.45, 7) is 16.4. The predicted molar refractivity (Wildman–Crippen MR) is 125 cm³/mol. The van der Waals surface area contributed by atoms with Crippen LogP contribution >= 0.6 is 0 Å². The lowest BCUT2D eigenvalue weighted by atomic mass is 9.95. The fourth-order valence-corrected chi connectivity index (χ4v) is 3.61. The molecule has 2 aromatic rings. The van der Waals surface area contributed by atoms with Gasteiger partial charge in [0.25, 0.3) is 0 Å². The molecule has 1 unspecified atom stereocenters. The molecule has 0 amide bonds. The zero-order valence-corrected chi connectivity index (χ0v) is 19.1. The van der Waals surface area contributed by atoms with Crippen LogP contribution in [0.25, 0.3) is 11.1 Å². The van der Waals surface area contributed by atoms with Crippen LogP contribution < -0.4 is 9.47 Å². The van der Waals surface area contributed by atoms with Gasteiger partial charge in [-0.3, -0.25) is 0 Å². The first-order valence-corrected chi connectivity index (χ1v) is 10.5. The molecule has 172 valence electrons. The van der Waals surface area contributed by atoms with Crippen molar-refractivity contribution in [1.82, 2.24) is 0 Å². The molecular weight excluding hydrogens is 423 g/mol. The van der Waals surface area contributed by atoms with Crippen LogP contribution in [0.3, 0.4) is 0 Å². The number of hydrogen-bond donors (Lipinski definition) is 0. The van der Waals surface area contributed by atoms with Crippen molar-refractivity contribution in [3.05, 3.63) is 83.7 Å². The lowest BCUT2D eigenvalue weighted by Gasteiger charge is -2.19. The first kappa shape index (κ1) is 24.1. The Balaban J connectivity index is 2.07. The second-order valence-electron chi connectivity index (χ2n) is 8.31. The molecule has 0 bridgehead atoms. The van der Waals surface area contributed by atoms with E-state index in [1.165, 1.54) is 13.0 Å². The Labute approximate surface area is 193 Å². The van der Waals surface area contributed by atoms with Crippen LogP contribution in [0.1, 0.15) is 44.4 Å². The number of hydrogen-bond acceptors (Lipinski definition) is 5. The van der Waals surface area contributed by atoms with Crippen LogP contribution in [-0.4, -0.2) is 18.5 Å². The highest BCUT2D eigenvalue weighted by Gasteiger charge is 2.31. The molecule has 3 rings (SSSR count). The summed E-state index contributed by atoms with van der Waals surface area (Å²) in [6, 6.07) is 7.55. The molecule has 0 aromatic heterocycles. The molecule has 6 heteroatoms. The van der Waals surface area contributed by atoms with Crippen LogP contribution in [0.2, 0.25) is 0 Å². The molecule has 0 radical (unpaired) electrons. The standard InChI is InChI=1S/C27H27FO5/c1-15(2)14-31-23-9-8-22-21(7-10-24(25(22)23)33-27(30)17(5)6)18-11-19(28)13-20(12-18)32-26(29)16(3)4/h7,10-13,23H,1,3,5,8-9,14H2,2,4,6H3. The molecule has 0 spiro atoms. The Morgan fingerprint density at radius 1 is 1.00 bits per heavy atom. The van der Waals surface area contributed by atoms with E-state index >= 15 is 0 Å². The van der Waals surface area contributed by atoms with Crippen LogP contribution in [-0.2, 0) is 20.7 Å². The topological polar surface area (TPSA) is 61.8 Å². The van der Waals surface area contributed by atoms with Crippen LogP contribution in [0.5, 0.6) is 11.5 Å². The maximum Gasteiger partial charge on any atom is 0.338 e. The van der Waals surface area contributed by atoms with Crippen molar-refractivity contribution in [2.75, 3.05) is 6.61 Å². The highest BCUT2D eigenvalue weighted by molar-refractivity contribution is 5.90. The van der Waals surface area contributed by atoms with E-state index < -0.39 is 17.8 Å². The van der Waals surface area contributed by atoms with Gasteiger partial charge in [-0.2, -0.15) is 0 Å². The molecule has 0 aliphatic heterocycles. The second kappa shape index (κ2) is 9.96. The minimum atomic E-state index is -0.632. The van der Waals surface area contributed by atoms with Crippen molar-refractivity contribution < 1.29 is 28.2 Å². The first-order chi connectivity index (χ1) is 15.6. The van der Waals surface area contributed by atoms with Crippen molar-refractivity contribution in [1.29, 1.82) is 0 Å². The molecule has 0 heterocycles. The Bertz CT molecular complexity index is 1160. The number of esters is 2. The lowest BCUT2D eigenvalue weighted by molar-refractivity contribution is -0.131. The number of ether oxygens (including phenoxy) is 3. The average molecular weight is 451 g/mol. The fraction of sp³-hybridized carbons (Fsp3) is 0.259. The summed E-state index contributed by atoms with van der Waals surface area (Å²) in [5.74, 6) is -1.24. The summed E-state index contributed by atoms with van der Waals surface area (Å²) in [5.41, 5.74) is 4.27. The van der Waals surface area contributed by atoms with E-state index in [-0.39, 0.29) is 23.0 Å². The average Bonchev–Trinajstić information content (AvgIpc) is 3.16. The van der Waals surface area contributed by atoms with Gasteiger partial charge in [0.2, 0.25) is 0 Å². The zero-order chi connectivity index (χ0) is 24.3. The molecule has 1 aliphatic carbocycles. The summed E-state index contributed by atoms with van der Waals surface area (Å²) in [4.78, 5) is 24.1. The van der Waals surface area contributed by atoms with Crippen LogP contribution in [0.4, 0.5) is 4.39 Å². The normalized spacial score (nSPS) is 14.4. The quantitative estimate of drug-likeness (QED) is 0.212. The Morgan fingerprint density at radius 3 is 2.30 bits per heavy atom. The summed E-state index contributed by atoms with van der Waals surface area (Å²) in [5, 5.41) is 0. The van der Waals surface area contributed by atoms with Crippen LogP contribution in [0.15, 0.2) is 66.8 Å². The molecule has 1 aliphatic rings. The van der Waals surface area contributed by atoms with E-state index in [1.807, 2.05) is 6.92 Å². The van der Waals surface area contributed by atoms with E-state index in [2.05, 4.69) is 19.7 Å². The smallest absolute Gasteiger partial charge is 0.338 e. The monoisotopic (exact) mass is 450 g/mol. The number of benzene rings is 2. The molecule has 0 saturated carbocycles. The molecular formula is C27H27FO5. The van der Waals surface area contributed by atoms with E-state index in [9.17, 15) is 14.0 Å². The minimum Gasteiger partial charge on any atom is -0.423 e. The minimum absolute atomic E-state index is 0.0811. The van der Waals surface area contributed by atoms with Crippen molar-refractivity contribution >= 4 is 11.9 Å². The highest BCUT2D eigenvalue weighted by Crippen LogP contribution is 2.45. The van der Waals surface area contributed by atoms with Crippen molar-refractivity contribution in [2.24, 2.45) is 0 Å². The van der Waals surface area contributed by atoms with Gasteiger partial charge in [-0.25, -0.2) is 14.0 Å². The van der Waals surface area contributed by atoms with Gasteiger partial charge in [-0.15, -0.1) is 0 Å². The van der Waals surface area contributed by atoms with Gasteiger partial charge in [-0.05, 0) is 68.5 Å². The third-order valence-corrected chi connectivity index (χ3v) is 5.12. The molecule has 0 N–H and O–H groups in total. The first-order valence-electron chi connectivity index (χ1n) is 10.5. The van der Waals surface area contributed by atoms with E-state index in [0.717, 1.165) is 28.3 Å². The third kappa shape index (κ3) is 5.65. The van der Waals surface area contributed by atoms with Gasteiger partial charge >= 0.3 is 11.9 Å². The maximum absolute atomic E-state index is 14.4. The van der Waals surface area contributed by atoms with Gasteiger partial charge in [0.05, 0.1) is 12.7 Å². The molecule has 33 heavy (non-hydrogen) atoms. The summed E-state index contributed by atoms with van der Waals surface area (Å²) in [7, 11) is 0. The van der Waals surface area contributed by atoms with E-state index in [1.54, 1.807) is 25.1 Å². The molecule has 0 saturated heterocycles. The van der Waals surface area contributed by atoms with Crippen LogP contribution in [0, 0.1) is 5.82 Å². The van der Waals surface area contributed by atoms with Gasteiger partial charge in [0.15, 0.2) is 0 Å². The van der Waals surface area contributed by atoms with Gasteiger partial charge in [0.1, 0.15) is 17.3 Å². The van der Waals surface area contributed by atoms with E-state index in [0.29, 0.717) is 30.8 Å². The third-order valence-electron chi connectivity index (χ3n) is 5.12. The maximum atomic E-state index is 14.4. The number of carbonyl (C=O) groups excluding carboxylic acids is 2. The Morgan fingerprint density at radius 2 is 1.67 bits per heavy atom. The number of fused-ring (bicyclic) bond motifs is 1. The second-order valence-corrected chi connectivity index (χ2v) is 8.31. The summed E-state index contributed by atoms with van der Waals surface area (Å²) >= 11 is 0. The largest absolute Gasteiger partial charge is 0.423 e. The van der Waals surface area contributed by atoms with E-state index in [4.69, 9.17) is 14.2 Å². The zero-order valence-electron chi connectivity index (χ0n) is 19.1. The lowest BCUT2D eigenvalue weighted by Crippen LogP contribution is -2.12. The SMILES string of the molecule is C=C(C)COC1CCc2c(-c3cc(F)cc(OC(=O)C(=C)C)c3)ccc(OC(=O)C(=C)C)c21. The van der Waals surface area contributed by atoms with Crippen molar-refractivity contribution in [2.45, 2.75) is 39.7 Å². The fourth-order valence-electron chi connectivity index (χ4n) is 3.61. The van der Waals surface area contributed by atoms with Gasteiger partial charge in [0, 0.05) is 22.8 Å². The summed E-state index contributed by atoms with van der Waals surface area (Å²) < 4.78 is 31.3. The predicted octanol–water partition coefficient (Wildman–Crippen LogP) is 6.04. The molecule has 1 atom stereocenters. The number of rotatable bonds is 8.